The van der Waals surface area contributed by atoms with Crippen LogP contribution in [-0.2, 0) is 13.1 Å². The average molecular weight is 418 g/mol. The lowest BCUT2D eigenvalue weighted by Gasteiger charge is -2.22. The smallest absolute Gasteiger partial charge is 0.264 e. The highest BCUT2D eigenvalue weighted by Gasteiger charge is 2.21. The molecule has 0 spiro atoms. The molecule has 0 atom stereocenters. The van der Waals surface area contributed by atoms with E-state index >= 15 is 0 Å². The highest BCUT2D eigenvalue weighted by molar-refractivity contribution is 7.13. The van der Waals surface area contributed by atoms with E-state index in [2.05, 4.69) is 18.4 Å². The van der Waals surface area contributed by atoms with Crippen molar-refractivity contribution in [3.8, 4) is 0 Å². The van der Waals surface area contributed by atoms with Crippen LogP contribution in [0.5, 0.6) is 0 Å². The number of hydrogen-bond donors (Lipinski definition) is 0. The second-order valence-electron chi connectivity index (χ2n) is 7.16. The quantitative estimate of drug-likeness (QED) is 0.383. The fraction of sp³-hybridized carbons (Fsp3) is 0.455. The van der Waals surface area contributed by atoms with Gasteiger partial charge in [-0.1, -0.05) is 38.3 Å². The molecule has 6 heteroatoms. The van der Waals surface area contributed by atoms with Crippen LogP contribution in [0.2, 0.25) is 5.02 Å². The molecule has 0 fully saturated rings. The van der Waals surface area contributed by atoms with Gasteiger partial charge >= 0.3 is 0 Å². The lowest BCUT2D eigenvalue weighted by atomic mass is 10.2. The molecular weight excluding hydrogens is 390 g/mol. The van der Waals surface area contributed by atoms with Gasteiger partial charge in [0.15, 0.2) is 0 Å². The molecular formula is C22H28ClN3OS. The molecule has 1 amide bonds. The number of rotatable bonds is 9. The van der Waals surface area contributed by atoms with Crippen molar-refractivity contribution in [2.75, 3.05) is 6.54 Å². The molecule has 3 rings (SSSR count). The predicted molar refractivity (Wildman–Crippen MR) is 118 cm³/mol. The van der Waals surface area contributed by atoms with E-state index in [4.69, 9.17) is 16.6 Å². The van der Waals surface area contributed by atoms with E-state index in [-0.39, 0.29) is 5.91 Å². The van der Waals surface area contributed by atoms with Gasteiger partial charge in [-0.25, -0.2) is 4.98 Å². The second kappa shape index (κ2) is 9.57. The van der Waals surface area contributed by atoms with E-state index in [9.17, 15) is 4.79 Å². The van der Waals surface area contributed by atoms with Crippen LogP contribution >= 0.6 is 22.9 Å². The number of aromatic nitrogens is 2. The van der Waals surface area contributed by atoms with Crippen LogP contribution in [0.1, 0.15) is 59.9 Å². The van der Waals surface area contributed by atoms with Gasteiger partial charge in [0.05, 0.1) is 22.5 Å². The summed E-state index contributed by atoms with van der Waals surface area (Å²) in [4.78, 5) is 21.9. The first-order valence-electron chi connectivity index (χ1n) is 10.0. The van der Waals surface area contributed by atoms with E-state index in [1.165, 1.54) is 0 Å². The maximum atomic E-state index is 13.2. The van der Waals surface area contributed by atoms with E-state index < -0.39 is 0 Å². The van der Waals surface area contributed by atoms with Crippen LogP contribution in [-0.4, -0.2) is 26.9 Å². The molecule has 0 aliphatic carbocycles. The molecule has 0 unspecified atom stereocenters. The number of thiophene rings is 1. The Bertz CT molecular complexity index is 947. The Kier molecular flexibility index (Phi) is 7.13. The normalized spacial score (nSPS) is 11.3. The van der Waals surface area contributed by atoms with Crippen LogP contribution in [0.4, 0.5) is 0 Å². The summed E-state index contributed by atoms with van der Waals surface area (Å²) in [6.45, 7) is 8.50. The van der Waals surface area contributed by atoms with Gasteiger partial charge in [-0.2, -0.15) is 0 Å². The van der Waals surface area contributed by atoms with E-state index in [1.807, 2.05) is 42.2 Å². The van der Waals surface area contributed by atoms with Crippen molar-refractivity contribution in [1.82, 2.24) is 14.5 Å². The zero-order chi connectivity index (χ0) is 20.1. The first kappa shape index (κ1) is 20.9. The third-order valence-electron chi connectivity index (χ3n) is 4.84. The number of halogens is 1. The summed E-state index contributed by atoms with van der Waals surface area (Å²) in [5.41, 5.74) is 1.97. The minimum Gasteiger partial charge on any atom is -0.330 e. The minimum absolute atomic E-state index is 0.0994. The van der Waals surface area contributed by atoms with Gasteiger partial charge in [-0.05, 0) is 50.1 Å². The molecule has 1 aromatic carbocycles. The Balaban J connectivity index is 1.92. The van der Waals surface area contributed by atoms with Crippen LogP contribution in [0, 0.1) is 6.92 Å². The monoisotopic (exact) mass is 417 g/mol. The molecule has 3 aromatic rings. The summed E-state index contributed by atoms with van der Waals surface area (Å²) >= 11 is 7.78. The molecule has 0 saturated carbocycles. The summed E-state index contributed by atoms with van der Waals surface area (Å²) in [6.07, 6.45) is 4.26. The number of fused-ring (bicyclic) bond motifs is 1. The van der Waals surface area contributed by atoms with Gasteiger partial charge in [0.1, 0.15) is 5.82 Å². The molecule has 4 nitrogen and oxygen atoms in total. The SMILES string of the molecule is CCCCCN(Cc1nc2ccc(Cl)cc2n1CCC)C(=O)c1ccc(C)s1. The Morgan fingerprint density at radius 3 is 2.68 bits per heavy atom. The summed E-state index contributed by atoms with van der Waals surface area (Å²) in [7, 11) is 0. The van der Waals surface area contributed by atoms with Gasteiger partial charge in [-0.15, -0.1) is 11.3 Å². The molecule has 2 heterocycles. The lowest BCUT2D eigenvalue weighted by Crippen LogP contribution is -2.32. The average Bonchev–Trinajstić information content (AvgIpc) is 3.25. The molecule has 0 saturated heterocycles. The zero-order valence-electron chi connectivity index (χ0n) is 16.9. The maximum absolute atomic E-state index is 13.2. The van der Waals surface area contributed by atoms with E-state index in [0.717, 1.165) is 65.4 Å². The fourth-order valence-electron chi connectivity index (χ4n) is 3.42. The van der Waals surface area contributed by atoms with Crippen molar-refractivity contribution in [2.45, 2.75) is 59.5 Å². The zero-order valence-corrected chi connectivity index (χ0v) is 18.4. The number of hydrogen-bond acceptors (Lipinski definition) is 3. The lowest BCUT2D eigenvalue weighted by molar-refractivity contribution is 0.0739. The van der Waals surface area contributed by atoms with Crippen molar-refractivity contribution in [2.24, 2.45) is 0 Å². The molecule has 150 valence electrons. The van der Waals surface area contributed by atoms with Crippen molar-refractivity contribution < 1.29 is 4.79 Å². The highest BCUT2D eigenvalue weighted by Crippen LogP contribution is 2.24. The molecule has 0 N–H and O–H groups in total. The van der Waals surface area contributed by atoms with E-state index in [0.29, 0.717) is 11.6 Å². The number of aryl methyl sites for hydroxylation is 2. The maximum Gasteiger partial charge on any atom is 0.264 e. The number of unbranched alkanes of at least 4 members (excludes halogenated alkanes) is 2. The van der Waals surface area contributed by atoms with Crippen molar-refractivity contribution >= 4 is 39.9 Å². The van der Waals surface area contributed by atoms with Crippen LogP contribution in [0.15, 0.2) is 30.3 Å². The highest BCUT2D eigenvalue weighted by atomic mass is 35.5. The largest absolute Gasteiger partial charge is 0.330 e. The number of nitrogens with zero attached hydrogens (tertiary/aromatic N) is 3. The first-order chi connectivity index (χ1) is 13.5. The molecule has 0 aliphatic heterocycles. The van der Waals surface area contributed by atoms with Gasteiger partial charge in [0.25, 0.3) is 5.91 Å². The van der Waals surface area contributed by atoms with Gasteiger partial charge < -0.3 is 9.47 Å². The fourth-order valence-corrected chi connectivity index (χ4v) is 4.42. The molecule has 28 heavy (non-hydrogen) atoms. The molecule has 0 aliphatic rings. The number of amides is 1. The van der Waals surface area contributed by atoms with Crippen molar-refractivity contribution in [3.63, 3.8) is 0 Å². The first-order valence-corrected chi connectivity index (χ1v) is 11.2. The molecule has 2 aromatic heterocycles. The Morgan fingerprint density at radius 2 is 2.00 bits per heavy atom. The predicted octanol–water partition coefficient (Wildman–Crippen LogP) is 6.30. The summed E-state index contributed by atoms with van der Waals surface area (Å²) in [6, 6.07) is 9.74. The number of carbonyl (C=O) groups is 1. The summed E-state index contributed by atoms with van der Waals surface area (Å²) in [5, 5.41) is 0.709. The topological polar surface area (TPSA) is 38.1 Å². The Morgan fingerprint density at radius 1 is 1.18 bits per heavy atom. The van der Waals surface area contributed by atoms with Crippen molar-refractivity contribution in [3.05, 3.63) is 50.9 Å². The van der Waals surface area contributed by atoms with E-state index in [1.54, 1.807) is 11.3 Å². The van der Waals surface area contributed by atoms with Crippen LogP contribution < -0.4 is 0 Å². The standard InChI is InChI=1S/C22H28ClN3OS/c1-4-6-7-13-25(22(27)20-11-8-16(3)28-20)15-21-24-18-10-9-17(23)14-19(18)26(21)12-5-2/h8-11,14H,4-7,12-13,15H2,1-3H3. The minimum atomic E-state index is 0.0994. The summed E-state index contributed by atoms with van der Waals surface area (Å²) in [5.74, 6) is 1.03. The number of imidazole rings is 1. The van der Waals surface area contributed by atoms with Crippen LogP contribution in [0.25, 0.3) is 11.0 Å². The number of carbonyl (C=O) groups excluding carboxylic acids is 1. The third-order valence-corrected chi connectivity index (χ3v) is 6.06. The summed E-state index contributed by atoms with van der Waals surface area (Å²) < 4.78 is 2.21. The Hall–Kier alpha value is -1.85. The second-order valence-corrected chi connectivity index (χ2v) is 8.88. The van der Waals surface area contributed by atoms with Crippen molar-refractivity contribution in [1.29, 1.82) is 0 Å². The molecule has 0 radical (unpaired) electrons. The number of benzene rings is 1. The molecule has 0 bridgehead atoms. The Labute approximate surface area is 176 Å². The van der Waals surface area contributed by atoms with Gasteiger partial charge in [0, 0.05) is 23.0 Å². The van der Waals surface area contributed by atoms with Gasteiger partial charge in [-0.3, -0.25) is 4.79 Å². The van der Waals surface area contributed by atoms with Crippen LogP contribution in [0.3, 0.4) is 0 Å². The van der Waals surface area contributed by atoms with Gasteiger partial charge in [0.2, 0.25) is 0 Å². The third kappa shape index (κ3) is 4.76.